The number of ether oxygens (including phenoxy) is 1. The Kier molecular flexibility index (Phi) is 5.34. The Balaban J connectivity index is 2.42. The van der Waals surface area contributed by atoms with Gasteiger partial charge in [0.15, 0.2) is 0 Å². The van der Waals surface area contributed by atoms with Crippen LogP contribution in [0.5, 0.6) is 5.75 Å². The van der Waals surface area contributed by atoms with Gasteiger partial charge in [-0.15, -0.1) is 13.2 Å². The molecule has 4 nitrogen and oxygen atoms in total. The minimum Gasteiger partial charge on any atom is -0.404 e. The minimum absolute atomic E-state index is 0.424. The molecule has 2 aromatic rings. The number of benzene rings is 2. The van der Waals surface area contributed by atoms with Gasteiger partial charge in [0.2, 0.25) is 0 Å². The molecule has 2 rings (SSSR count). The van der Waals surface area contributed by atoms with Crippen molar-refractivity contribution in [3.8, 4) is 5.75 Å². The van der Waals surface area contributed by atoms with Gasteiger partial charge in [-0.25, -0.2) is 8.42 Å². The lowest BCUT2D eigenvalue weighted by molar-refractivity contribution is -0.275. The summed E-state index contributed by atoms with van der Waals surface area (Å²) in [5.41, 5.74) is -1.84. The van der Waals surface area contributed by atoms with Crippen LogP contribution < -0.4 is 9.46 Å². The lowest BCUT2D eigenvalue weighted by Gasteiger charge is -2.15. The Labute approximate surface area is 148 Å². The quantitative estimate of drug-likeness (QED) is 0.705. The summed E-state index contributed by atoms with van der Waals surface area (Å²) in [6.45, 7) is 0. The smallest absolute Gasteiger partial charge is 0.404 e. The van der Waals surface area contributed by atoms with E-state index in [4.69, 9.17) is 11.6 Å². The number of sulfonamides is 1. The molecule has 0 fully saturated rings. The third kappa shape index (κ3) is 4.94. The lowest BCUT2D eigenvalue weighted by Crippen LogP contribution is -2.21. The lowest BCUT2D eigenvalue weighted by atomic mass is 10.2. The van der Waals surface area contributed by atoms with Gasteiger partial charge in [-0.05, 0) is 30.3 Å². The van der Waals surface area contributed by atoms with Gasteiger partial charge in [-0.2, -0.15) is 13.2 Å². The van der Waals surface area contributed by atoms with E-state index in [0.717, 1.165) is 36.4 Å². The molecule has 0 aliphatic heterocycles. The monoisotopic (exact) mass is 419 g/mol. The molecule has 0 saturated carbocycles. The number of anilines is 1. The summed E-state index contributed by atoms with van der Waals surface area (Å²) in [6, 6.07) is 5.95. The van der Waals surface area contributed by atoms with E-state index < -0.39 is 49.5 Å². The molecule has 0 aliphatic rings. The molecule has 0 saturated heterocycles. The third-order valence-electron chi connectivity index (χ3n) is 2.89. The second kappa shape index (κ2) is 6.88. The standard InChI is InChI=1S/C14H8ClF6NO3S/c15-10-6-5-8(7-9(10)13(16,17)18)22-26(23,24)12-4-2-1-3-11(12)25-14(19,20)21/h1-7,22H. The van der Waals surface area contributed by atoms with Crippen molar-refractivity contribution in [2.75, 3.05) is 4.72 Å². The first-order valence-electron chi connectivity index (χ1n) is 6.54. The fraction of sp³-hybridized carbons (Fsp3) is 0.143. The van der Waals surface area contributed by atoms with E-state index in [2.05, 4.69) is 4.74 Å². The van der Waals surface area contributed by atoms with Gasteiger partial charge in [0.1, 0.15) is 10.6 Å². The first-order chi connectivity index (χ1) is 11.8. The van der Waals surface area contributed by atoms with Crippen LogP contribution in [-0.2, 0) is 16.2 Å². The van der Waals surface area contributed by atoms with E-state index >= 15 is 0 Å². The van der Waals surface area contributed by atoms with Gasteiger partial charge in [0.25, 0.3) is 10.0 Å². The molecule has 0 amide bonds. The van der Waals surface area contributed by atoms with Crippen LogP contribution in [0.3, 0.4) is 0 Å². The summed E-state index contributed by atoms with van der Waals surface area (Å²) in [4.78, 5) is -0.902. The molecule has 0 aliphatic carbocycles. The van der Waals surface area contributed by atoms with E-state index in [1.165, 1.54) is 0 Å². The van der Waals surface area contributed by atoms with Gasteiger partial charge < -0.3 is 4.74 Å². The van der Waals surface area contributed by atoms with Crippen LogP contribution in [0.25, 0.3) is 0 Å². The minimum atomic E-state index is -5.16. The SMILES string of the molecule is O=S(=O)(Nc1ccc(Cl)c(C(F)(F)F)c1)c1ccccc1OC(F)(F)F. The van der Waals surface area contributed by atoms with Crippen molar-refractivity contribution < 1.29 is 39.5 Å². The number of alkyl halides is 6. The highest BCUT2D eigenvalue weighted by atomic mass is 35.5. The molecule has 142 valence electrons. The number of hydrogen-bond donors (Lipinski definition) is 1. The van der Waals surface area contributed by atoms with Crippen LogP contribution in [0.4, 0.5) is 32.0 Å². The number of para-hydroxylation sites is 1. The molecule has 0 unspecified atom stereocenters. The molecule has 2 aromatic carbocycles. The summed E-state index contributed by atoms with van der Waals surface area (Å²) >= 11 is 5.42. The summed E-state index contributed by atoms with van der Waals surface area (Å²) in [5, 5.41) is -0.666. The molecule has 0 spiro atoms. The molecule has 0 radical (unpaired) electrons. The molecule has 0 heterocycles. The number of hydrogen-bond acceptors (Lipinski definition) is 3. The Morgan fingerprint density at radius 3 is 2.15 bits per heavy atom. The van der Waals surface area contributed by atoms with Crippen molar-refractivity contribution >= 4 is 27.3 Å². The van der Waals surface area contributed by atoms with Gasteiger partial charge in [-0.1, -0.05) is 23.7 Å². The second-order valence-corrected chi connectivity index (χ2v) is 6.85. The molecule has 26 heavy (non-hydrogen) atoms. The normalized spacial score (nSPS) is 12.7. The summed E-state index contributed by atoms with van der Waals surface area (Å²) in [7, 11) is -4.68. The maximum atomic E-state index is 12.8. The highest BCUT2D eigenvalue weighted by Crippen LogP contribution is 2.37. The Bertz CT molecular complexity index is 912. The predicted molar refractivity (Wildman–Crippen MR) is 80.4 cm³/mol. The van der Waals surface area contributed by atoms with Crippen LogP contribution in [0.1, 0.15) is 5.56 Å². The van der Waals surface area contributed by atoms with Gasteiger partial charge in [-0.3, -0.25) is 4.72 Å². The van der Waals surface area contributed by atoms with E-state index in [0.29, 0.717) is 6.07 Å². The summed E-state index contributed by atoms with van der Waals surface area (Å²) in [6.07, 6.45) is -10.0. The van der Waals surface area contributed by atoms with Crippen LogP contribution in [-0.4, -0.2) is 14.8 Å². The van der Waals surface area contributed by atoms with Crippen molar-refractivity contribution in [1.29, 1.82) is 0 Å². The predicted octanol–water partition coefficient (Wildman–Crippen LogP) is 5.06. The highest BCUT2D eigenvalue weighted by Gasteiger charge is 2.35. The Hall–Kier alpha value is -2.14. The van der Waals surface area contributed by atoms with Crippen LogP contribution in [0.15, 0.2) is 47.4 Å². The van der Waals surface area contributed by atoms with E-state index in [-0.39, 0.29) is 0 Å². The largest absolute Gasteiger partial charge is 0.573 e. The van der Waals surface area contributed by atoms with Crippen molar-refractivity contribution in [3.05, 3.63) is 53.1 Å². The van der Waals surface area contributed by atoms with E-state index in [9.17, 15) is 34.8 Å². The topological polar surface area (TPSA) is 55.4 Å². The molecule has 0 atom stereocenters. The van der Waals surface area contributed by atoms with E-state index in [1.807, 2.05) is 0 Å². The second-order valence-electron chi connectivity index (χ2n) is 4.79. The van der Waals surface area contributed by atoms with Crippen LogP contribution in [0.2, 0.25) is 5.02 Å². The van der Waals surface area contributed by atoms with Crippen molar-refractivity contribution in [2.45, 2.75) is 17.4 Å². The van der Waals surface area contributed by atoms with Gasteiger partial charge in [0.05, 0.1) is 10.6 Å². The van der Waals surface area contributed by atoms with Gasteiger partial charge >= 0.3 is 12.5 Å². The fourth-order valence-electron chi connectivity index (χ4n) is 1.90. The summed E-state index contributed by atoms with van der Waals surface area (Å²) in [5.74, 6) is -1.03. The zero-order valence-electron chi connectivity index (χ0n) is 12.3. The zero-order valence-corrected chi connectivity index (χ0v) is 13.9. The molecule has 12 heteroatoms. The first-order valence-corrected chi connectivity index (χ1v) is 8.40. The number of halogens is 7. The summed E-state index contributed by atoms with van der Waals surface area (Å²) < 4.78 is 106. The maximum absolute atomic E-state index is 12.8. The van der Waals surface area contributed by atoms with Crippen LogP contribution in [0, 0.1) is 0 Å². The Morgan fingerprint density at radius 2 is 1.58 bits per heavy atom. The molecule has 1 N–H and O–H groups in total. The zero-order chi connectivity index (χ0) is 19.8. The molecule has 0 aromatic heterocycles. The van der Waals surface area contributed by atoms with Crippen LogP contribution >= 0.6 is 11.6 Å². The highest BCUT2D eigenvalue weighted by molar-refractivity contribution is 7.92. The number of rotatable bonds is 4. The van der Waals surface area contributed by atoms with Crippen molar-refractivity contribution in [1.82, 2.24) is 0 Å². The van der Waals surface area contributed by atoms with Crippen molar-refractivity contribution in [2.24, 2.45) is 0 Å². The number of nitrogens with one attached hydrogen (secondary N) is 1. The van der Waals surface area contributed by atoms with Gasteiger partial charge in [0, 0.05) is 5.69 Å². The molecular weight excluding hydrogens is 412 g/mol. The Morgan fingerprint density at radius 1 is 0.962 bits per heavy atom. The van der Waals surface area contributed by atoms with Crippen molar-refractivity contribution in [3.63, 3.8) is 0 Å². The fourth-order valence-corrected chi connectivity index (χ4v) is 3.30. The average Bonchev–Trinajstić information content (AvgIpc) is 2.46. The third-order valence-corrected chi connectivity index (χ3v) is 4.64. The maximum Gasteiger partial charge on any atom is 0.573 e. The average molecular weight is 420 g/mol. The first kappa shape index (κ1) is 20.2. The molecule has 0 bridgehead atoms. The molecular formula is C14H8ClF6NO3S. The van der Waals surface area contributed by atoms with E-state index in [1.54, 1.807) is 4.72 Å².